The highest BCUT2D eigenvalue weighted by Crippen LogP contribution is 2.46. The van der Waals surface area contributed by atoms with Crippen molar-refractivity contribution >= 4 is 60.2 Å². The lowest BCUT2D eigenvalue weighted by Gasteiger charge is -2.27. The van der Waals surface area contributed by atoms with Crippen LogP contribution < -0.4 is 4.90 Å². The number of hydrogen-bond acceptors (Lipinski definition) is 1. The zero-order chi connectivity index (χ0) is 47.1. The summed E-state index contributed by atoms with van der Waals surface area (Å²) in [7, 11) is 0. The Hall–Kier alpha value is -9.30. The quantitative estimate of drug-likeness (QED) is 0.131. The van der Waals surface area contributed by atoms with E-state index in [0.29, 0.717) is 0 Å². The molecule has 1 heteroatoms. The molecule has 0 saturated carbocycles. The molecule has 0 fully saturated rings. The van der Waals surface area contributed by atoms with Gasteiger partial charge in [0.05, 0.1) is 0 Å². The molecule has 13 rings (SSSR count). The lowest BCUT2D eigenvalue weighted by Crippen LogP contribution is -2.10. The van der Waals surface area contributed by atoms with E-state index in [1.165, 1.54) is 98.7 Å². The second-order valence-electron chi connectivity index (χ2n) is 18.4. The van der Waals surface area contributed by atoms with Gasteiger partial charge < -0.3 is 4.90 Å². The molecule has 0 N–H and O–H groups in total. The zero-order valence-electron chi connectivity index (χ0n) is 39.1. The largest absolute Gasteiger partial charge is 0.310 e. The highest BCUT2D eigenvalue weighted by Gasteiger charge is 2.20. The first-order valence-corrected chi connectivity index (χ1v) is 24.5. The van der Waals surface area contributed by atoms with Crippen molar-refractivity contribution in [1.82, 2.24) is 0 Å². The number of hydrogen-bond donors (Lipinski definition) is 0. The van der Waals surface area contributed by atoms with Crippen molar-refractivity contribution in [3.63, 3.8) is 0 Å². The Morgan fingerprint density at radius 3 is 1.32 bits per heavy atom. The molecule has 13 aromatic rings. The Labute approximate surface area is 414 Å². The third-order valence-corrected chi connectivity index (χ3v) is 14.2. The fraction of sp³-hybridized carbons (Fsp3) is 0. The molecule has 0 aliphatic carbocycles. The molecule has 0 spiro atoms. The van der Waals surface area contributed by atoms with Crippen LogP contribution in [-0.2, 0) is 0 Å². The molecule has 0 atom stereocenters. The van der Waals surface area contributed by atoms with Gasteiger partial charge in [0, 0.05) is 17.1 Å². The Morgan fingerprint density at radius 1 is 0.183 bits per heavy atom. The van der Waals surface area contributed by atoms with Gasteiger partial charge in [-0.15, -0.1) is 0 Å². The summed E-state index contributed by atoms with van der Waals surface area (Å²) in [5, 5.41) is 9.97. The summed E-state index contributed by atoms with van der Waals surface area (Å²) >= 11 is 0. The number of benzene rings is 13. The van der Waals surface area contributed by atoms with Gasteiger partial charge in [-0.05, 0) is 158 Å². The minimum Gasteiger partial charge on any atom is -0.310 e. The van der Waals surface area contributed by atoms with Crippen LogP contribution in [0.4, 0.5) is 17.1 Å². The van der Waals surface area contributed by atoms with E-state index >= 15 is 0 Å². The van der Waals surface area contributed by atoms with Gasteiger partial charge >= 0.3 is 0 Å². The molecule has 0 unspecified atom stereocenters. The van der Waals surface area contributed by atoms with Crippen LogP contribution in [0.25, 0.3) is 110 Å². The highest BCUT2D eigenvalue weighted by atomic mass is 15.1. The van der Waals surface area contributed by atoms with Gasteiger partial charge in [0.15, 0.2) is 0 Å². The van der Waals surface area contributed by atoms with Crippen LogP contribution in [0.5, 0.6) is 0 Å². The summed E-state index contributed by atoms with van der Waals surface area (Å²) in [4.78, 5) is 2.40. The van der Waals surface area contributed by atoms with Crippen molar-refractivity contribution < 1.29 is 0 Å². The van der Waals surface area contributed by atoms with Gasteiger partial charge in [-0.2, -0.15) is 0 Å². The van der Waals surface area contributed by atoms with E-state index in [2.05, 4.69) is 290 Å². The van der Waals surface area contributed by atoms with E-state index in [-0.39, 0.29) is 0 Å². The first kappa shape index (κ1) is 41.9. The summed E-state index contributed by atoms with van der Waals surface area (Å²) in [6, 6.07) is 104. The second kappa shape index (κ2) is 18.0. The van der Waals surface area contributed by atoms with Gasteiger partial charge in [-0.1, -0.05) is 237 Å². The predicted molar refractivity (Wildman–Crippen MR) is 304 cm³/mol. The van der Waals surface area contributed by atoms with Crippen LogP contribution in [0.15, 0.2) is 285 Å². The maximum absolute atomic E-state index is 2.42. The smallest absolute Gasteiger partial charge is 0.0467 e. The SMILES string of the molecule is c1ccc(-c2c(-c3ccccc3)c3cc(-c4cccc(N(c5ccc(-c6ccc(-c7ccc8ccccc8c7)cc6)cc5)c5cccc(-c6cccc7ccccc67)c5)c4)ccc3c3ccccc23)cc1. The molecule has 13 aromatic carbocycles. The fourth-order valence-electron chi connectivity index (χ4n) is 10.8. The number of nitrogens with zero attached hydrogens (tertiary/aromatic N) is 1. The molecule has 1 nitrogen and oxygen atoms in total. The minimum absolute atomic E-state index is 1.08. The Bertz CT molecular complexity index is 4070. The molecule has 71 heavy (non-hydrogen) atoms. The first-order chi connectivity index (χ1) is 35.2. The molecule has 0 amide bonds. The molecule has 0 aliphatic heterocycles. The summed E-state index contributed by atoms with van der Waals surface area (Å²) < 4.78 is 0. The van der Waals surface area contributed by atoms with E-state index in [4.69, 9.17) is 0 Å². The summed E-state index contributed by atoms with van der Waals surface area (Å²) in [5.74, 6) is 0. The molecular formula is C70H47N. The topological polar surface area (TPSA) is 3.24 Å². The summed E-state index contributed by atoms with van der Waals surface area (Å²) in [6.07, 6.45) is 0. The molecule has 0 bridgehead atoms. The van der Waals surface area contributed by atoms with Crippen LogP contribution in [0.3, 0.4) is 0 Å². The third kappa shape index (κ3) is 7.80. The average molecular weight is 902 g/mol. The predicted octanol–water partition coefficient (Wildman–Crippen LogP) is 19.8. The Morgan fingerprint density at radius 2 is 0.620 bits per heavy atom. The lowest BCUT2D eigenvalue weighted by molar-refractivity contribution is 1.28. The van der Waals surface area contributed by atoms with Crippen molar-refractivity contribution in [1.29, 1.82) is 0 Å². The van der Waals surface area contributed by atoms with Crippen LogP contribution in [0, 0.1) is 0 Å². The molecule has 0 aliphatic rings. The lowest BCUT2D eigenvalue weighted by atomic mass is 9.84. The zero-order valence-corrected chi connectivity index (χ0v) is 39.1. The second-order valence-corrected chi connectivity index (χ2v) is 18.4. The summed E-state index contributed by atoms with van der Waals surface area (Å²) in [5.41, 5.74) is 17.7. The van der Waals surface area contributed by atoms with Gasteiger partial charge in [0.25, 0.3) is 0 Å². The van der Waals surface area contributed by atoms with Crippen molar-refractivity contribution in [3.8, 4) is 66.8 Å². The van der Waals surface area contributed by atoms with Crippen molar-refractivity contribution in [2.45, 2.75) is 0 Å². The number of anilines is 3. The minimum atomic E-state index is 1.08. The van der Waals surface area contributed by atoms with E-state index in [0.717, 1.165) is 28.2 Å². The normalized spacial score (nSPS) is 11.4. The van der Waals surface area contributed by atoms with Crippen LogP contribution >= 0.6 is 0 Å². The molecule has 0 saturated heterocycles. The molecular weight excluding hydrogens is 855 g/mol. The van der Waals surface area contributed by atoms with Gasteiger partial charge in [0.1, 0.15) is 0 Å². The monoisotopic (exact) mass is 901 g/mol. The third-order valence-electron chi connectivity index (χ3n) is 14.2. The van der Waals surface area contributed by atoms with Crippen LogP contribution in [0.2, 0.25) is 0 Å². The summed E-state index contributed by atoms with van der Waals surface area (Å²) in [6.45, 7) is 0. The molecule has 332 valence electrons. The number of fused-ring (bicyclic) bond motifs is 5. The van der Waals surface area contributed by atoms with E-state index in [1.807, 2.05) is 0 Å². The Balaban J connectivity index is 0.934. The van der Waals surface area contributed by atoms with Crippen molar-refractivity contribution in [2.24, 2.45) is 0 Å². The molecule has 0 heterocycles. The fourth-order valence-corrected chi connectivity index (χ4v) is 10.8. The Kier molecular flexibility index (Phi) is 10.6. The van der Waals surface area contributed by atoms with Gasteiger partial charge in [-0.3, -0.25) is 0 Å². The van der Waals surface area contributed by atoms with E-state index in [1.54, 1.807) is 0 Å². The van der Waals surface area contributed by atoms with Crippen LogP contribution in [-0.4, -0.2) is 0 Å². The van der Waals surface area contributed by atoms with Crippen molar-refractivity contribution in [3.05, 3.63) is 285 Å². The van der Waals surface area contributed by atoms with E-state index < -0.39 is 0 Å². The van der Waals surface area contributed by atoms with Crippen LogP contribution in [0.1, 0.15) is 0 Å². The van der Waals surface area contributed by atoms with Crippen molar-refractivity contribution in [2.75, 3.05) is 4.90 Å². The van der Waals surface area contributed by atoms with Gasteiger partial charge in [-0.25, -0.2) is 0 Å². The first-order valence-electron chi connectivity index (χ1n) is 24.5. The maximum atomic E-state index is 2.42. The standard InChI is InChI=1S/C70H47N/c1-3-18-53(19-4-1)69-67-30-12-11-29-65(67)66-43-40-58(47-68(66)70(69)54-20-5-2-6-21-54)56-24-13-26-61(45-56)71(62-27-14-25-59(46-62)64-31-15-23-52-17-9-10-28-63(52)64)60-41-38-50(39-42-60)49-32-34-51(35-33-49)57-37-36-48-16-7-8-22-55(48)44-57/h1-47H. The maximum Gasteiger partial charge on any atom is 0.0467 e. The van der Waals surface area contributed by atoms with E-state index in [9.17, 15) is 0 Å². The average Bonchev–Trinajstić information content (AvgIpc) is 3.45. The molecule has 0 aromatic heterocycles. The molecule has 0 radical (unpaired) electrons. The number of rotatable bonds is 9. The van der Waals surface area contributed by atoms with Gasteiger partial charge in [0.2, 0.25) is 0 Å². The highest BCUT2D eigenvalue weighted by molar-refractivity contribution is 6.22.